The van der Waals surface area contributed by atoms with E-state index in [9.17, 15) is 27.2 Å². The Morgan fingerprint density at radius 1 is 1.23 bits per heavy atom. The number of amides is 1. The van der Waals surface area contributed by atoms with Crippen molar-refractivity contribution >= 4 is 27.5 Å². The molecule has 22 heavy (non-hydrogen) atoms. The van der Waals surface area contributed by atoms with Gasteiger partial charge in [0.2, 0.25) is 0 Å². The quantitative estimate of drug-likeness (QED) is 0.785. The van der Waals surface area contributed by atoms with Crippen LogP contribution in [0.2, 0.25) is 0 Å². The highest BCUT2D eigenvalue weighted by Crippen LogP contribution is 2.29. The van der Waals surface area contributed by atoms with E-state index in [1.165, 1.54) is 6.07 Å². The zero-order valence-electron chi connectivity index (χ0n) is 10.6. The van der Waals surface area contributed by atoms with E-state index in [2.05, 4.69) is 15.9 Å². The summed E-state index contributed by atoms with van der Waals surface area (Å²) in [5, 5.41) is 1.96. The van der Waals surface area contributed by atoms with Crippen molar-refractivity contribution in [1.29, 1.82) is 0 Å². The molecule has 0 saturated heterocycles. The van der Waals surface area contributed by atoms with Crippen LogP contribution in [0.5, 0.6) is 0 Å². The molecule has 2 rings (SSSR count). The lowest BCUT2D eigenvalue weighted by Crippen LogP contribution is -2.22. The summed E-state index contributed by atoms with van der Waals surface area (Å²) in [7, 11) is 0. The monoisotopic (exact) mass is 378 g/mol. The van der Waals surface area contributed by atoms with Crippen LogP contribution < -0.4 is 10.9 Å². The molecule has 0 aliphatic heterocycles. The van der Waals surface area contributed by atoms with Crippen molar-refractivity contribution in [3.05, 3.63) is 62.2 Å². The molecule has 0 spiro atoms. The number of carbonyl (C=O) groups is 1. The van der Waals surface area contributed by atoms with E-state index in [1.807, 2.05) is 10.3 Å². The number of H-pyrrole nitrogens is 1. The predicted molar refractivity (Wildman–Crippen MR) is 74.1 cm³/mol. The molecule has 0 fully saturated rings. The Morgan fingerprint density at radius 2 is 1.91 bits per heavy atom. The average molecular weight is 379 g/mol. The molecule has 2 aromatic rings. The summed E-state index contributed by atoms with van der Waals surface area (Å²) < 4.78 is 51.7. The van der Waals surface area contributed by atoms with Crippen LogP contribution in [0, 0.1) is 5.82 Å². The third-order valence-electron chi connectivity index (χ3n) is 2.65. The van der Waals surface area contributed by atoms with Crippen LogP contribution >= 0.6 is 15.9 Å². The van der Waals surface area contributed by atoms with E-state index in [0.29, 0.717) is 16.7 Å². The van der Waals surface area contributed by atoms with E-state index in [1.54, 1.807) is 0 Å². The molecule has 0 aliphatic rings. The maximum Gasteiger partial charge on any atom is 0.417 e. The summed E-state index contributed by atoms with van der Waals surface area (Å²) in [5.74, 6) is -1.91. The number of halogens is 5. The number of carbonyl (C=O) groups excluding carboxylic acids is 1. The smallest absolute Gasteiger partial charge is 0.327 e. The number of aromatic amines is 1. The Hall–Kier alpha value is -2.16. The van der Waals surface area contributed by atoms with Crippen LogP contribution in [0.25, 0.3) is 0 Å². The highest BCUT2D eigenvalue weighted by molar-refractivity contribution is 9.10. The van der Waals surface area contributed by atoms with Gasteiger partial charge in [-0.25, -0.2) is 4.39 Å². The third-order valence-corrected chi connectivity index (χ3v) is 3.15. The minimum atomic E-state index is -4.69. The van der Waals surface area contributed by atoms with Gasteiger partial charge in [0.05, 0.1) is 11.1 Å². The highest BCUT2D eigenvalue weighted by Gasteiger charge is 2.31. The van der Waals surface area contributed by atoms with Crippen molar-refractivity contribution in [2.24, 2.45) is 0 Å². The fourth-order valence-electron chi connectivity index (χ4n) is 1.60. The number of anilines is 1. The van der Waals surface area contributed by atoms with E-state index in [-0.39, 0.29) is 0 Å². The fraction of sp³-hybridized carbons (Fsp3) is 0.0769. The van der Waals surface area contributed by atoms with E-state index in [0.717, 1.165) is 12.1 Å². The van der Waals surface area contributed by atoms with Gasteiger partial charge in [0.1, 0.15) is 11.5 Å². The van der Waals surface area contributed by atoms with Crippen LogP contribution in [0.1, 0.15) is 15.9 Å². The molecular formula is C13H7BrF4N2O2. The Labute approximate surface area is 129 Å². The SMILES string of the molecule is O=C(Nc1cc(C(F)(F)F)c[nH]c1=O)c1cc(Br)ccc1F. The van der Waals surface area contributed by atoms with Gasteiger partial charge >= 0.3 is 6.18 Å². The second kappa shape index (κ2) is 5.91. The molecule has 1 aromatic carbocycles. The number of rotatable bonds is 2. The van der Waals surface area contributed by atoms with E-state index in [4.69, 9.17) is 0 Å². The van der Waals surface area contributed by atoms with E-state index >= 15 is 0 Å². The molecule has 9 heteroatoms. The van der Waals surface area contributed by atoms with Crippen molar-refractivity contribution in [3.63, 3.8) is 0 Å². The molecular weight excluding hydrogens is 372 g/mol. The third kappa shape index (κ3) is 3.53. The Bertz CT molecular complexity index is 786. The molecule has 0 atom stereocenters. The van der Waals surface area contributed by atoms with Gasteiger partial charge in [0, 0.05) is 10.7 Å². The fourth-order valence-corrected chi connectivity index (χ4v) is 1.96. The summed E-state index contributed by atoms with van der Waals surface area (Å²) in [6, 6.07) is 3.98. The highest BCUT2D eigenvalue weighted by atomic mass is 79.9. The summed E-state index contributed by atoms with van der Waals surface area (Å²) in [4.78, 5) is 25.2. The molecule has 116 valence electrons. The maximum atomic E-state index is 13.5. The number of nitrogens with one attached hydrogen (secondary N) is 2. The molecule has 0 bridgehead atoms. The van der Waals surface area contributed by atoms with Crippen LogP contribution in [-0.4, -0.2) is 10.9 Å². The Kier molecular flexibility index (Phi) is 4.36. The van der Waals surface area contributed by atoms with Crippen LogP contribution in [-0.2, 0) is 6.18 Å². The molecule has 1 amide bonds. The predicted octanol–water partition coefficient (Wildman–Crippen LogP) is 3.55. The zero-order valence-corrected chi connectivity index (χ0v) is 12.2. The summed E-state index contributed by atoms with van der Waals surface area (Å²) in [6.45, 7) is 0. The van der Waals surface area contributed by atoms with Crippen LogP contribution in [0.3, 0.4) is 0 Å². The second-order valence-corrected chi connectivity index (χ2v) is 5.12. The standard InChI is InChI=1S/C13H7BrF4N2O2/c14-7-1-2-9(15)8(4-7)11(21)20-10-3-6(13(16,17)18)5-19-12(10)22/h1-5H,(H,19,22)(H,20,21). The van der Waals surface area contributed by atoms with Gasteiger partial charge in [0.15, 0.2) is 0 Å². The first-order chi connectivity index (χ1) is 10.2. The summed E-state index contributed by atoms with van der Waals surface area (Å²) >= 11 is 3.04. The van der Waals surface area contributed by atoms with Crippen molar-refractivity contribution in [3.8, 4) is 0 Å². The number of hydrogen-bond acceptors (Lipinski definition) is 2. The first-order valence-corrected chi connectivity index (χ1v) is 6.54. The van der Waals surface area contributed by atoms with Gasteiger partial charge in [-0.2, -0.15) is 13.2 Å². The second-order valence-electron chi connectivity index (χ2n) is 4.21. The summed E-state index contributed by atoms with van der Waals surface area (Å²) in [5.41, 5.74) is -3.11. The minimum Gasteiger partial charge on any atom is -0.327 e. The lowest BCUT2D eigenvalue weighted by molar-refractivity contribution is -0.137. The van der Waals surface area contributed by atoms with Gasteiger partial charge in [-0.3, -0.25) is 9.59 Å². The number of alkyl halides is 3. The molecule has 0 aliphatic carbocycles. The van der Waals surface area contributed by atoms with Crippen molar-refractivity contribution < 1.29 is 22.4 Å². The maximum absolute atomic E-state index is 13.5. The van der Waals surface area contributed by atoms with Gasteiger partial charge in [-0.05, 0) is 24.3 Å². The lowest BCUT2D eigenvalue weighted by Gasteiger charge is -2.09. The number of benzene rings is 1. The number of hydrogen-bond donors (Lipinski definition) is 2. The van der Waals surface area contributed by atoms with E-state index < -0.39 is 40.3 Å². The first-order valence-electron chi connectivity index (χ1n) is 5.75. The van der Waals surface area contributed by atoms with Crippen molar-refractivity contribution in [2.75, 3.05) is 5.32 Å². The zero-order chi connectivity index (χ0) is 16.5. The number of aromatic nitrogens is 1. The van der Waals surface area contributed by atoms with Gasteiger partial charge < -0.3 is 10.3 Å². The first kappa shape index (κ1) is 16.2. The Morgan fingerprint density at radius 3 is 2.55 bits per heavy atom. The molecule has 2 N–H and O–H groups in total. The van der Waals surface area contributed by atoms with Crippen molar-refractivity contribution in [2.45, 2.75) is 6.18 Å². The lowest BCUT2D eigenvalue weighted by atomic mass is 10.2. The average Bonchev–Trinajstić information content (AvgIpc) is 2.42. The van der Waals surface area contributed by atoms with Gasteiger partial charge in [-0.15, -0.1) is 0 Å². The Balaban J connectivity index is 2.36. The molecule has 4 nitrogen and oxygen atoms in total. The topological polar surface area (TPSA) is 62.0 Å². The van der Waals surface area contributed by atoms with Crippen LogP contribution in [0.4, 0.5) is 23.2 Å². The molecule has 1 heterocycles. The largest absolute Gasteiger partial charge is 0.417 e. The molecule has 0 saturated carbocycles. The minimum absolute atomic E-state index is 0.400. The van der Waals surface area contributed by atoms with Gasteiger partial charge in [0.25, 0.3) is 11.5 Å². The molecule has 0 unspecified atom stereocenters. The normalized spacial score (nSPS) is 11.3. The van der Waals surface area contributed by atoms with Gasteiger partial charge in [-0.1, -0.05) is 15.9 Å². The molecule has 1 aromatic heterocycles. The van der Waals surface area contributed by atoms with Crippen molar-refractivity contribution in [1.82, 2.24) is 4.98 Å². The summed E-state index contributed by atoms with van der Waals surface area (Å²) in [6.07, 6.45) is -4.21. The number of pyridine rings is 1. The van der Waals surface area contributed by atoms with Crippen LogP contribution in [0.15, 0.2) is 39.7 Å². The molecule has 0 radical (unpaired) electrons.